The molecule has 0 saturated heterocycles. The second-order valence-electron chi connectivity index (χ2n) is 5.06. The van der Waals surface area contributed by atoms with Crippen molar-refractivity contribution < 1.29 is 0 Å². The molecule has 3 rings (SSSR count). The molecule has 2 aromatic heterocycles. The van der Waals surface area contributed by atoms with Gasteiger partial charge < -0.3 is 9.72 Å². The summed E-state index contributed by atoms with van der Waals surface area (Å²) in [5, 5.41) is 3.19. The Labute approximate surface area is 119 Å². The Kier molecular flexibility index (Phi) is 3.52. The van der Waals surface area contributed by atoms with Gasteiger partial charge in [0.05, 0.1) is 11.2 Å². The molecular formula is C17H19N3. The van der Waals surface area contributed by atoms with E-state index in [0.29, 0.717) is 0 Å². The maximum absolute atomic E-state index is 4.86. The van der Waals surface area contributed by atoms with Gasteiger partial charge in [0.15, 0.2) is 0 Å². The van der Waals surface area contributed by atoms with Crippen molar-refractivity contribution in [2.45, 2.75) is 13.3 Å². The van der Waals surface area contributed by atoms with Crippen molar-refractivity contribution in [1.82, 2.24) is 14.7 Å². The summed E-state index contributed by atoms with van der Waals surface area (Å²) in [7, 11) is 1.97. The molecule has 3 nitrogen and oxygen atoms in total. The van der Waals surface area contributed by atoms with E-state index in [0.717, 1.165) is 24.5 Å². The van der Waals surface area contributed by atoms with E-state index < -0.39 is 0 Å². The molecule has 0 spiro atoms. The van der Waals surface area contributed by atoms with Crippen LogP contribution in [0.4, 0.5) is 0 Å². The lowest BCUT2D eigenvalue weighted by Gasteiger charge is -2.00. The zero-order chi connectivity index (χ0) is 13.9. The van der Waals surface area contributed by atoms with Crippen LogP contribution >= 0.6 is 0 Å². The molecule has 102 valence electrons. The molecule has 0 saturated carbocycles. The summed E-state index contributed by atoms with van der Waals surface area (Å²) in [6, 6.07) is 14.8. The summed E-state index contributed by atoms with van der Waals surface area (Å²) >= 11 is 0. The minimum absolute atomic E-state index is 0.924. The van der Waals surface area contributed by atoms with Crippen LogP contribution in [0.2, 0.25) is 0 Å². The number of hydrogen-bond donors (Lipinski definition) is 1. The molecule has 0 fully saturated rings. The molecule has 0 unspecified atom stereocenters. The topological polar surface area (TPSA) is 29.3 Å². The lowest BCUT2D eigenvalue weighted by Crippen LogP contribution is -2.12. The average Bonchev–Trinajstić information content (AvgIpc) is 2.84. The number of pyridine rings is 1. The highest BCUT2D eigenvalue weighted by Crippen LogP contribution is 2.25. The van der Waals surface area contributed by atoms with Crippen LogP contribution in [0.3, 0.4) is 0 Å². The van der Waals surface area contributed by atoms with E-state index in [1.54, 1.807) is 0 Å². The van der Waals surface area contributed by atoms with E-state index in [1.807, 2.05) is 7.05 Å². The molecule has 2 heterocycles. The zero-order valence-electron chi connectivity index (χ0n) is 11.9. The van der Waals surface area contributed by atoms with E-state index in [2.05, 4.69) is 65.3 Å². The van der Waals surface area contributed by atoms with Gasteiger partial charge in [-0.15, -0.1) is 0 Å². The second-order valence-corrected chi connectivity index (χ2v) is 5.06. The number of fused-ring (bicyclic) bond motifs is 1. The second kappa shape index (κ2) is 5.47. The fourth-order valence-electron chi connectivity index (χ4n) is 2.52. The SMILES string of the molecule is CNCCc1nc(-c2cccc(C)c2)c2ccccn12. The van der Waals surface area contributed by atoms with Crippen LogP contribution in [0.25, 0.3) is 16.8 Å². The quantitative estimate of drug-likeness (QED) is 0.785. The van der Waals surface area contributed by atoms with Gasteiger partial charge in [-0.05, 0) is 32.2 Å². The van der Waals surface area contributed by atoms with Crippen molar-refractivity contribution in [3.63, 3.8) is 0 Å². The van der Waals surface area contributed by atoms with Crippen molar-refractivity contribution in [2.75, 3.05) is 13.6 Å². The number of aromatic nitrogens is 2. The van der Waals surface area contributed by atoms with Crippen molar-refractivity contribution >= 4 is 5.52 Å². The third-order valence-electron chi connectivity index (χ3n) is 3.51. The molecule has 0 radical (unpaired) electrons. The van der Waals surface area contributed by atoms with E-state index in [-0.39, 0.29) is 0 Å². The van der Waals surface area contributed by atoms with Gasteiger partial charge in [0, 0.05) is 24.7 Å². The molecule has 1 N–H and O–H groups in total. The summed E-state index contributed by atoms with van der Waals surface area (Å²) in [4.78, 5) is 4.86. The maximum Gasteiger partial charge on any atom is 0.115 e. The van der Waals surface area contributed by atoms with Crippen molar-refractivity contribution in [1.29, 1.82) is 0 Å². The highest BCUT2D eigenvalue weighted by Gasteiger charge is 2.11. The predicted octanol–water partition coefficient (Wildman–Crippen LogP) is 3.07. The third-order valence-corrected chi connectivity index (χ3v) is 3.51. The lowest BCUT2D eigenvalue weighted by atomic mass is 10.1. The highest BCUT2D eigenvalue weighted by molar-refractivity contribution is 5.78. The lowest BCUT2D eigenvalue weighted by molar-refractivity contribution is 0.753. The third kappa shape index (κ3) is 2.32. The fourth-order valence-corrected chi connectivity index (χ4v) is 2.52. The highest BCUT2D eigenvalue weighted by atomic mass is 15.0. The predicted molar refractivity (Wildman–Crippen MR) is 83.0 cm³/mol. The smallest absolute Gasteiger partial charge is 0.115 e. The minimum Gasteiger partial charge on any atom is -0.319 e. The van der Waals surface area contributed by atoms with Crippen LogP contribution in [0, 0.1) is 6.92 Å². The summed E-state index contributed by atoms with van der Waals surface area (Å²) in [5.41, 5.74) is 4.69. The van der Waals surface area contributed by atoms with Gasteiger partial charge in [0.1, 0.15) is 5.82 Å². The number of nitrogens with zero attached hydrogens (tertiary/aromatic N) is 2. The summed E-state index contributed by atoms with van der Waals surface area (Å²) in [5.74, 6) is 1.10. The molecule has 0 aliphatic carbocycles. The molecule has 1 aromatic carbocycles. The normalized spacial score (nSPS) is 11.1. The van der Waals surface area contributed by atoms with Crippen molar-refractivity contribution in [3.8, 4) is 11.3 Å². The molecule has 0 atom stereocenters. The number of imidazole rings is 1. The summed E-state index contributed by atoms with van der Waals surface area (Å²) in [6.07, 6.45) is 3.01. The van der Waals surface area contributed by atoms with Crippen LogP contribution in [-0.2, 0) is 6.42 Å². The van der Waals surface area contributed by atoms with Gasteiger partial charge in [-0.3, -0.25) is 0 Å². The van der Waals surface area contributed by atoms with E-state index in [1.165, 1.54) is 16.6 Å². The average molecular weight is 265 g/mol. The Hall–Kier alpha value is -2.13. The zero-order valence-corrected chi connectivity index (χ0v) is 11.9. The molecule has 20 heavy (non-hydrogen) atoms. The standard InChI is InChI=1S/C17H19N3/c1-13-6-5-7-14(12-13)17-15-8-3-4-11-20(15)16(19-17)9-10-18-2/h3-8,11-12,18H,9-10H2,1-2H3. The molecule has 0 aliphatic rings. The minimum atomic E-state index is 0.924. The van der Waals surface area contributed by atoms with E-state index in [9.17, 15) is 0 Å². The van der Waals surface area contributed by atoms with Gasteiger partial charge in [0.25, 0.3) is 0 Å². The van der Waals surface area contributed by atoms with Crippen LogP contribution in [-0.4, -0.2) is 23.0 Å². The Bertz CT molecular complexity index is 728. The summed E-state index contributed by atoms with van der Waals surface area (Å²) < 4.78 is 2.19. The maximum atomic E-state index is 4.86. The van der Waals surface area contributed by atoms with Crippen molar-refractivity contribution in [3.05, 3.63) is 60.0 Å². The monoisotopic (exact) mass is 265 g/mol. The number of rotatable bonds is 4. The van der Waals surface area contributed by atoms with Crippen LogP contribution in [0.5, 0.6) is 0 Å². The Morgan fingerprint density at radius 1 is 1.15 bits per heavy atom. The van der Waals surface area contributed by atoms with Gasteiger partial charge in [0.2, 0.25) is 0 Å². The van der Waals surface area contributed by atoms with E-state index >= 15 is 0 Å². The molecular weight excluding hydrogens is 246 g/mol. The number of benzene rings is 1. The fraction of sp³-hybridized carbons (Fsp3) is 0.235. The first kappa shape index (κ1) is 12.9. The largest absolute Gasteiger partial charge is 0.319 e. The molecule has 0 aliphatic heterocycles. The molecule has 3 heteroatoms. The summed E-state index contributed by atoms with van der Waals surface area (Å²) in [6.45, 7) is 3.05. The van der Waals surface area contributed by atoms with E-state index in [4.69, 9.17) is 4.98 Å². The molecule has 0 amide bonds. The number of nitrogens with one attached hydrogen (secondary N) is 1. The van der Waals surface area contributed by atoms with Gasteiger partial charge in [-0.1, -0.05) is 29.8 Å². The Balaban J connectivity index is 2.15. The number of likely N-dealkylation sites (N-methyl/N-ethyl adjacent to an activating group) is 1. The Morgan fingerprint density at radius 3 is 2.85 bits per heavy atom. The Morgan fingerprint density at radius 2 is 2.05 bits per heavy atom. The van der Waals surface area contributed by atoms with Crippen LogP contribution < -0.4 is 5.32 Å². The van der Waals surface area contributed by atoms with Gasteiger partial charge >= 0.3 is 0 Å². The first-order valence-electron chi connectivity index (χ1n) is 6.97. The molecule has 0 bridgehead atoms. The number of hydrogen-bond acceptors (Lipinski definition) is 2. The van der Waals surface area contributed by atoms with Gasteiger partial charge in [-0.25, -0.2) is 4.98 Å². The first-order valence-corrected chi connectivity index (χ1v) is 6.97. The van der Waals surface area contributed by atoms with Gasteiger partial charge in [-0.2, -0.15) is 0 Å². The van der Waals surface area contributed by atoms with Crippen LogP contribution in [0.15, 0.2) is 48.7 Å². The number of aryl methyl sites for hydroxylation is 1. The van der Waals surface area contributed by atoms with Crippen molar-refractivity contribution in [2.24, 2.45) is 0 Å². The van der Waals surface area contributed by atoms with Crippen LogP contribution in [0.1, 0.15) is 11.4 Å². The first-order chi connectivity index (χ1) is 9.79. The molecule has 3 aromatic rings.